The average molecular weight is 268 g/mol. The van der Waals surface area contributed by atoms with Crippen LogP contribution in [-0.4, -0.2) is 56.9 Å². The normalized spacial score (nSPS) is 13.1. The van der Waals surface area contributed by atoms with Gasteiger partial charge in [0.25, 0.3) is 0 Å². The Kier molecular flexibility index (Phi) is 7.65. The van der Waals surface area contributed by atoms with Crippen LogP contribution in [0.4, 0.5) is 0 Å². The second kappa shape index (κ2) is 7.54. The zero-order valence-corrected chi connectivity index (χ0v) is 12.9. The second-order valence-corrected chi connectivity index (χ2v) is 10.9. The van der Waals surface area contributed by atoms with E-state index in [4.69, 9.17) is 17.7 Å². The molecule has 0 aliphatic rings. The van der Waals surface area contributed by atoms with Gasteiger partial charge in [0.1, 0.15) is 0 Å². The Hall–Kier alpha value is 0.234. The van der Waals surface area contributed by atoms with Crippen molar-refractivity contribution in [1.29, 1.82) is 0 Å². The molecule has 98 valence electrons. The molecule has 0 radical (unpaired) electrons. The third-order valence-electron chi connectivity index (χ3n) is 3.04. The third-order valence-corrected chi connectivity index (χ3v) is 9.11. The van der Waals surface area contributed by atoms with Crippen LogP contribution < -0.4 is 0 Å². The molecule has 0 amide bonds. The van der Waals surface area contributed by atoms with Crippen LogP contribution in [0.1, 0.15) is 6.42 Å². The number of aliphatic hydroxyl groups is 1. The van der Waals surface area contributed by atoms with Crippen LogP contribution in [0.3, 0.4) is 0 Å². The summed E-state index contributed by atoms with van der Waals surface area (Å²) in [5, 5.41) is 9.28. The molecule has 0 saturated heterocycles. The van der Waals surface area contributed by atoms with E-state index in [0.29, 0.717) is 0 Å². The van der Waals surface area contributed by atoms with E-state index in [1.165, 1.54) is 0 Å². The molecule has 0 bridgehead atoms. The third kappa shape index (κ3) is 4.62. The van der Waals surface area contributed by atoms with E-state index in [1.807, 2.05) is 6.55 Å². The van der Waals surface area contributed by atoms with Crippen molar-refractivity contribution in [2.45, 2.75) is 25.1 Å². The minimum Gasteiger partial charge on any atom is -0.398 e. The van der Waals surface area contributed by atoms with Gasteiger partial charge in [0.05, 0.1) is 6.23 Å². The van der Waals surface area contributed by atoms with Gasteiger partial charge in [-0.15, -0.1) is 0 Å². The fourth-order valence-electron chi connectivity index (χ4n) is 1.46. The Bertz CT molecular complexity index is 174. The molecular weight excluding hydrogens is 244 g/mol. The average Bonchev–Trinajstić information content (AvgIpc) is 2.35. The van der Waals surface area contributed by atoms with Gasteiger partial charge < -0.3 is 22.8 Å². The molecule has 16 heavy (non-hydrogen) atoms. The van der Waals surface area contributed by atoms with Crippen LogP contribution in [0.15, 0.2) is 0 Å². The van der Waals surface area contributed by atoms with Crippen LogP contribution in [-0.2, 0) is 17.7 Å². The number of hydrogen-bond acceptors (Lipinski definition) is 5. The van der Waals surface area contributed by atoms with Gasteiger partial charge in [-0.2, -0.15) is 0 Å². The highest BCUT2D eigenvalue weighted by molar-refractivity contribution is 6.68. The van der Waals surface area contributed by atoms with E-state index in [2.05, 4.69) is 0 Å². The lowest BCUT2D eigenvalue weighted by molar-refractivity contribution is 0.195. The monoisotopic (exact) mass is 268 g/mol. The van der Waals surface area contributed by atoms with Gasteiger partial charge in [-0.25, -0.2) is 0 Å². The Morgan fingerprint density at radius 2 is 1.38 bits per heavy atom. The maximum atomic E-state index is 9.28. The Balaban J connectivity index is 4.13. The molecule has 0 fully saturated rings. The summed E-state index contributed by atoms with van der Waals surface area (Å²) < 4.78 is 21.4. The molecule has 0 aromatic rings. The van der Waals surface area contributed by atoms with Gasteiger partial charge >= 0.3 is 17.1 Å². The van der Waals surface area contributed by atoms with E-state index in [-0.39, 0.29) is 6.23 Å². The summed E-state index contributed by atoms with van der Waals surface area (Å²) in [6.45, 7) is 2.02. The first kappa shape index (κ1) is 16.2. The second-order valence-electron chi connectivity index (χ2n) is 3.87. The predicted molar refractivity (Wildman–Crippen MR) is 66.7 cm³/mol. The summed E-state index contributed by atoms with van der Waals surface area (Å²) in [5.74, 6) is 0. The topological polar surface area (TPSA) is 57.2 Å². The quantitative estimate of drug-likeness (QED) is 0.633. The van der Waals surface area contributed by atoms with Crippen molar-refractivity contribution in [3.8, 4) is 0 Å². The predicted octanol–water partition coefficient (Wildman–Crippen LogP) is 1.01. The maximum Gasteiger partial charge on any atom is 0.363 e. The van der Waals surface area contributed by atoms with Crippen molar-refractivity contribution in [3.05, 3.63) is 0 Å². The first-order chi connectivity index (χ1) is 7.51. The molecule has 0 atom stereocenters. The molecule has 0 aliphatic heterocycles. The van der Waals surface area contributed by atoms with Crippen LogP contribution in [0, 0.1) is 0 Å². The van der Waals surface area contributed by atoms with Gasteiger partial charge in [0.15, 0.2) is 0 Å². The molecular formula is C9H24O5Si2. The summed E-state index contributed by atoms with van der Waals surface area (Å²) in [4.78, 5) is 0. The van der Waals surface area contributed by atoms with Crippen LogP contribution in [0.25, 0.3) is 0 Å². The fourth-order valence-corrected chi connectivity index (χ4v) is 4.92. The molecule has 0 saturated carbocycles. The highest BCUT2D eigenvalue weighted by Crippen LogP contribution is 2.21. The zero-order valence-electron chi connectivity index (χ0n) is 10.9. The van der Waals surface area contributed by atoms with Crippen molar-refractivity contribution in [3.63, 3.8) is 0 Å². The lowest BCUT2D eigenvalue weighted by Crippen LogP contribution is -2.45. The first-order valence-electron chi connectivity index (χ1n) is 5.33. The lowest BCUT2D eigenvalue weighted by atomic mass is 10.6. The van der Waals surface area contributed by atoms with E-state index in [1.54, 1.807) is 28.4 Å². The largest absolute Gasteiger partial charge is 0.398 e. The highest BCUT2D eigenvalue weighted by atomic mass is 28.4. The molecule has 5 nitrogen and oxygen atoms in total. The van der Waals surface area contributed by atoms with E-state index >= 15 is 0 Å². The zero-order chi connectivity index (χ0) is 12.7. The van der Waals surface area contributed by atoms with Crippen LogP contribution in [0.2, 0.25) is 18.6 Å². The number of hydrogen-bond donors (Lipinski definition) is 1. The van der Waals surface area contributed by atoms with Crippen LogP contribution in [0.5, 0.6) is 0 Å². The molecule has 0 rings (SSSR count). The Morgan fingerprint density at radius 1 is 0.875 bits per heavy atom. The molecule has 0 spiro atoms. The van der Waals surface area contributed by atoms with Gasteiger partial charge in [-0.05, 0) is 25.1 Å². The fraction of sp³-hybridized carbons (Fsp3) is 1.00. The maximum absolute atomic E-state index is 9.28. The highest BCUT2D eigenvalue weighted by Gasteiger charge is 2.36. The standard InChI is InChI=1S/C9H24O5Si2/c1-11-15(5,12-2)7-6-8-16(9-10,13-3)14-4/h10H,6-9H2,1-5H3. The smallest absolute Gasteiger partial charge is 0.363 e. The summed E-state index contributed by atoms with van der Waals surface area (Å²) >= 11 is 0. The summed E-state index contributed by atoms with van der Waals surface area (Å²) in [7, 11) is 2.16. The Labute approximate surface area is 100 Å². The number of aliphatic hydroxyl groups excluding tert-OH is 1. The minimum atomic E-state index is -2.38. The van der Waals surface area contributed by atoms with Gasteiger partial charge in [-0.1, -0.05) is 0 Å². The molecule has 0 unspecified atom stereocenters. The first-order valence-corrected chi connectivity index (χ1v) is 10.1. The van der Waals surface area contributed by atoms with Crippen molar-refractivity contribution >= 4 is 17.1 Å². The van der Waals surface area contributed by atoms with Gasteiger partial charge in [0, 0.05) is 28.4 Å². The summed E-state index contributed by atoms with van der Waals surface area (Å²) in [6.07, 6.45) is 0.872. The molecule has 0 aromatic carbocycles. The lowest BCUT2D eigenvalue weighted by Gasteiger charge is -2.27. The van der Waals surface area contributed by atoms with E-state index in [0.717, 1.165) is 18.5 Å². The summed E-state index contributed by atoms with van der Waals surface area (Å²) in [5.41, 5.74) is 0. The van der Waals surface area contributed by atoms with Crippen molar-refractivity contribution in [1.82, 2.24) is 0 Å². The van der Waals surface area contributed by atoms with Crippen molar-refractivity contribution < 1.29 is 22.8 Å². The van der Waals surface area contributed by atoms with E-state index in [9.17, 15) is 5.11 Å². The molecule has 0 aliphatic carbocycles. The van der Waals surface area contributed by atoms with Gasteiger partial charge in [0.2, 0.25) is 0 Å². The molecule has 0 aromatic heterocycles. The van der Waals surface area contributed by atoms with Crippen molar-refractivity contribution in [2.75, 3.05) is 34.7 Å². The molecule has 1 N–H and O–H groups in total. The Morgan fingerprint density at radius 3 is 1.69 bits per heavy atom. The molecule has 0 heterocycles. The van der Waals surface area contributed by atoms with Crippen LogP contribution >= 0.6 is 0 Å². The number of rotatable bonds is 9. The molecule has 7 heteroatoms. The van der Waals surface area contributed by atoms with Gasteiger partial charge in [-0.3, -0.25) is 0 Å². The SMILES string of the molecule is CO[Si](C)(CCC[Si](CO)(OC)OC)OC. The summed E-state index contributed by atoms with van der Waals surface area (Å²) in [6, 6.07) is 1.63. The van der Waals surface area contributed by atoms with Crippen molar-refractivity contribution in [2.24, 2.45) is 0 Å². The van der Waals surface area contributed by atoms with E-state index < -0.39 is 17.1 Å². The minimum absolute atomic E-state index is 0.0156.